The molecule has 0 radical (unpaired) electrons. The molecule has 0 aromatic rings. The van der Waals surface area contributed by atoms with Crippen molar-refractivity contribution < 1.29 is 20.1 Å². The van der Waals surface area contributed by atoms with Crippen LogP contribution in [-0.2, 0) is 4.79 Å². The van der Waals surface area contributed by atoms with Gasteiger partial charge in [0.25, 0.3) is 0 Å². The van der Waals surface area contributed by atoms with Crippen molar-refractivity contribution in [2.24, 2.45) is 56.7 Å². The van der Waals surface area contributed by atoms with E-state index in [4.69, 9.17) is 0 Å². The summed E-state index contributed by atoms with van der Waals surface area (Å²) in [6.07, 6.45) is 9.43. The van der Waals surface area contributed by atoms with Gasteiger partial charge in [-0.2, -0.15) is 0 Å². The molecule has 4 heteroatoms. The second kappa shape index (κ2) is 7.57. The largest absolute Gasteiger partial charge is 0.481 e. The minimum atomic E-state index is -0.567. The lowest BCUT2D eigenvalue weighted by atomic mass is 9.32. The van der Waals surface area contributed by atoms with Crippen LogP contribution < -0.4 is 0 Å². The van der Waals surface area contributed by atoms with Crippen LogP contribution >= 0.6 is 0 Å². The third kappa shape index (κ3) is 2.76. The fourth-order valence-corrected chi connectivity index (χ4v) is 11.5. The van der Waals surface area contributed by atoms with Crippen molar-refractivity contribution in [1.82, 2.24) is 0 Å². The Hall–Kier alpha value is -0.870. The number of carboxylic acids is 1. The van der Waals surface area contributed by atoms with Gasteiger partial charge in [-0.25, -0.2) is 0 Å². The van der Waals surface area contributed by atoms with Gasteiger partial charge in [0.05, 0.1) is 18.1 Å². The summed E-state index contributed by atoms with van der Waals surface area (Å²) in [5.41, 5.74) is 0.586. The van der Waals surface area contributed by atoms with Gasteiger partial charge in [-0.3, -0.25) is 4.79 Å². The van der Waals surface area contributed by atoms with Crippen LogP contribution in [0.4, 0.5) is 0 Å². The van der Waals surface area contributed by atoms with Gasteiger partial charge >= 0.3 is 5.97 Å². The second-order valence-electron chi connectivity index (χ2n) is 14.4. The van der Waals surface area contributed by atoms with Crippen molar-refractivity contribution >= 4 is 5.97 Å². The van der Waals surface area contributed by atoms with E-state index in [-0.39, 0.29) is 28.8 Å². The zero-order valence-corrected chi connectivity index (χ0v) is 22.2. The monoisotopic (exact) mass is 472 g/mol. The Kier molecular flexibility index (Phi) is 5.52. The average molecular weight is 473 g/mol. The molecule has 0 aromatic heterocycles. The summed E-state index contributed by atoms with van der Waals surface area (Å²) < 4.78 is 0. The molecule has 5 rings (SSSR count). The Morgan fingerprint density at radius 2 is 1.59 bits per heavy atom. The SMILES string of the molecule is C=C(C)[C@@H]1CC[C@]2(C(=O)O)CC[C@]3(C)[C@H](CC[C@@H]4[C@@]5(C)CCC(O)C(C)(CO)[C@@H]5CC[C@]43C)[C@@H]12. The summed E-state index contributed by atoms with van der Waals surface area (Å²) in [6, 6.07) is 0. The van der Waals surface area contributed by atoms with Gasteiger partial charge in [0.15, 0.2) is 0 Å². The first-order valence-electron chi connectivity index (χ1n) is 14.0. The van der Waals surface area contributed by atoms with Gasteiger partial charge < -0.3 is 15.3 Å². The standard InChI is InChI=1S/C30H48O4/c1-18(2)19-9-14-30(25(33)34)16-15-28(5)20(24(19)30)7-8-22-26(3)12-11-23(32)27(4,17-31)21(26)10-13-29(22,28)6/h19-24,31-32H,1,7-17H2,2-6H3,(H,33,34)/t19-,20+,21+,22+,23?,24+,26-,27?,28+,29+,30-/m0/s1. The van der Waals surface area contributed by atoms with Gasteiger partial charge in [0, 0.05) is 5.41 Å². The lowest BCUT2D eigenvalue weighted by Crippen LogP contribution is -2.67. The lowest BCUT2D eigenvalue weighted by Gasteiger charge is -2.72. The van der Waals surface area contributed by atoms with Crippen molar-refractivity contribution in [3.63, 3.8) is 0 Å². The molecule has 11 atom stereocenters. The zero-order chi connectivity index (χ0) is 24.9. The predicted molar refractivity (Wildman–Crippen MR) is 134 cm³/mol. The maximum absolute atomic E-state index is 12.8. The van der Waals surface area contributed by atoms with Crippen LogP contribution in [0.15, 0.2) is 12.2 Å². The number of hydrogen-bond donors (Lipinski definition) is 3. The molecule has 34 heavy (non-hydrogen) atoms. The first kappa shape index (κ1) is 24.8. The summed E-state index contributed by atoms with van der Waals surface area (Å²) in [5, 5.41) is 31.8. The molecule has 192 valence electrons. The molecule has 0 spiro atoms. The molecular weight excluding hydrogens is 424 g/mol. The zero-order valence-electron chi connectivity index (χ0n) is 22.2. The smallest absolute Gasteiger partial charge is 0.309 e. The van der Waals surface area contributed by atoms with Crippen molar-refractivity contribution in [3.8, 4) is 0 Å². The molecule has 5 aliphatic carbocycles. The third-order valence-electron chi connectivity index (χ3n) is 13.6. The highest BCUT2D eigenvalue weighted by Gasteiger charge is 2.72. The van der Waals surface area contributed by atoms with E-state index in [9.17, 15) is 20.1 Å². The number of hydrogen-bond acceptors (Lipinski definition) is 3. The van der Waals surface area contributed by atoms with Crippen LogP contribution in [-0.4, -0.2) is 34.0 Å². The highest BCUT2D eigenvalue weighted by molar-refractivity contribution is 5.76. The number of aliphatic carboxylic acids is 1. The van der Waals surface area contributed by atoms with Crippen molar-refractivity contribution in [3.05, 3.63) is 12.2 Å². The summed E-state index contributed by atoms with van der Waals surface area (Å²) in [7, 11) is 0. The number of rotatable bonds is 3. The van der Waals surface area contributed by atoms with E-state index < -0.39 is 22.9 Å². The molecule has 0 heterocycles. The topological polar surface area (TPSA) is 77.8 Å². The molecular formula is C30H48O4. The van der Waals surface area contributed by atoms with Gasteiger partial charge in [-0.05, 0) is 117 Å². The van der Waals surface area contributed by atoms with Crippen LogP contribution in [0.5, 0.6) is 0 Å². The maximum Gasteiger partial charge on any atom is 0.309 e. The Balaban J connectivity index is 1.56. The number of fused-ring (bicyclic) bond motifs is 7. The highest BCUT2D eigenvalue weighted by Crippen LogP contribution is 2.77. The fraction of sp³-hybridized carbons (Fsp3) is 0.900. The van der Waals surface area contributed by atoms with E-state index in [2.05, 4.69) is 41.2 Å². The number of carbonyl (C=O) groups is 1. The van der Waals surface area contributed by atoms with Crippen LogP contribution in [0.3, 0.4) is 0 Å². The third-order valence-corrected chi connectivity index (χ3v) is 13.6. The van der Waals surface area contributed by atoms with E-state index in [0.717, 1.165) is 64.2 Å². The summed E-state index contributed by atoms with van der Waals surface area (Å²) >= 11 is 0. The van der Waals surface area contributed by atoms with Gasteiger partial charge in [0.2, 0.25) is 0 Å². The molecule has 5 aliphatic rings. The summed E-state index contributed by atoms with van der Waals surface area (Å²) in [5.74, 6) is 1.30. The predicted octanol–water partition coefficient (Wildman–Crippen LogP) is 6.06. The van der Waals surface area contributed by atoms with E-state index >= 15 is 0 Å². The van der Waals surface area contributed by atoms with Crippen LogP contribution in [0, 0.1) is 56.7 Å². The van der Waals surface area contributed by atoms with Crippen molar-refractivity contribution in [2.45, 2.75) is 105 Å². The summed E-state index contributed by atoms with van der Waals surface area (Å²) in [4.78, 5) is 12.8. The molecule has 4 nitrogen and oxygen atoms in total. The molecule has 0 amide bonds. The van der Waals surface area contributed by atoms with Gasteiger partial charge in [-0.1, -0.05) is 39.8 Å². The normalized spacial score (nSPS) is 56.6. The molecule has 0 bridgehead atoms. The van der Waals surface area contributed by atoms with Gasteiger partial charge in [0.1, 0.15) is 0 Å². The molecule has 3 N–H and O–H groups in total. The first-order valence-corrected chi connectivity index (χ1v) is 14.0. The second-order valence-corrected chi connectivity index (χ2v) is 14.4. The van der Waals surface area contributed by atoms with Crippen molar-refractivity contribution in [1.29, 1.82) is 0 Å². The average Bonchev–Trinajstić information content (AvgIpc) is 3.18. The van der Waals surface area contributed by atoms with Crippen LogP contribution in [0.2, 0.25) is 0 Å². The minimum absolute atomic E-state index is 0.0568. The molecule has 5 fully saturated rings. The molecule has 2 unspecified atom stereocenters. The van der Waals surface area contributed by atoms with Crippen LogP contribution in [0.25, 0.3) is 0 Å². The number of carboxylic acid groups (broad SMARTS) is 1. The summed E-state index contributed by atoms with van der Waals surface area (Å²) in [6.45, 7) is 16.2. The van der Waals surface area contributed by atoms with Gasteiger partial charge in [-0.15, -0.1) is 0 Å². The highest BCUT2D eigenvalue weighted by atomic mass is 16.4. The Labute approximate surface area is 206 Å². The Morgan fingerprint density at radius 1 is 0.882 bits per heavy atom. The Bertz CT molecular complexity index is 883. The molecule has 0 aromatic carbocycles. The number of aliphatic hydroxyl groups is 2. The van der Waals surface area contributed by atoms with Crippen LogP contribution in [0.1, 0.15) is 98.8 Å². The molecule has 5 saturated carbocycles. The first-order chi connectivity index (χ1) is 15.8. The van der Waals surface area contributed by atoms with Crippen molar-refractivity contribution in [2.75, 3.05) is 6.61 Å². The lowest BCUT2D eigenvalue weighted by molar-refractivity contribution is -0.254. The van der Waals surface area contributed by atoms with E-state index in [1.165, 1.54) is 5.57 Å². The molecule has 0 saturated heterocycles. The quantitative estimate of drug-likeness (QED) is 0.436. The molecule has 0 aliphatic heterocycles. The maximum atomic E-state index is 12.8. The number of aliphatic hydroxyl groups excluding tert-OH is 2. The Morgan fingerprint density at radius 3 is 2.21 bits per heavy atom. The fourth-order valence-electron chi connectivity index (χ4n) is 11.5. The number of allylic oxidation sites excluding steroid dienone is 1. The van der Waals surface area contributed by atoms with E-state index in [0.29, 0.717) is 23.7 Å². The van der Waals surface area contributed by atoms with E-state index in [1.54, 1.807) is 0 Å². The minimum Gasteiger partial charge on any atom is -0.481 e. The van der Waals surface area contributed by atoms with E-state index in [1.807, 2.05) is 0 Å².